The minimum absolute atomic E-state index is 0. The van der Waals surface area contributed by atoms with Gasteiger partial charge < -0.3 is 21.1 Å². The summed E-state index contributed by atoms with van der Waals surface area (Å²) in [7, 11) is 0. The van der Waals surface area contributed by atoms with Crippen LogP contribution < -0.4 is 21.6 Å². The van der Waals surface area contributed by atoms with E-state index in [9.17, 15) is 9.90 Å². The molecule has 0 aliphatic carbocycles. The third-order valence-corrected chi connectivity index (χ3v) is 6.49. The fraction of sp³-hybridized carbons (Fsp3) is 0.250. The third kappa shape index (κ3) is 4.62. The second-order valence-electron chi connectivity index (χ2n) is 7.96. The molecule has 4 aromatic rings. The normalized spacial score (nSPS) is 15.3. The molecule has 1 atom stereocenters. The maximum Gasteiger partial charge on any atom is 0.355 e. The zero-order chi connectivity index (χ0) is 23.8. The van der Waals surface area contributed by atoms with Crippen LogP contribution in [0.5, 0.6) is 0 Å². The van der Waals surface area contributed by atoms with Crippen LogP contribution in [0.1, 0.15) is 20.3 Å². The van der Waals surface area contributed by atoms with Crippen LogP contribution in [-0.2, 0) is 0 Å². The van der Waals surface area contributed by atoms with Crippen LogP contribution in [0.15, 0.2) is 53.5 Å². The average Bonchev–Trinajstić information content (AvgIpc) is 3.30. The lowest BCUT2D eigenvalue weighted by molar-refractivity contribution is 0.266. The fourth-order valence-electron chi connectivity index (χ4n) is 4.21. The number of nitrogens with zero attached hydrogens (tertiary/aromatic N) is 5. The van der Waals surface area contributed by atoms with E-state index in [-0.39, 0.29) is 53.2 Å². The van der Waals surface area contributed by atoms with Crippen molar-refractivity contribution in [2.75, 3.05) is 29.1 Å². The summed E-state index contributed by atoms with van der Waals surface area (Å²) in [5.41, 5.74) is 7.85. The Kier molecular flexibility index (Phi) is 7.11. The summed E-state index contributed by atoms with van der Waals surface area (Å²) in [5, 5.41) is 13.6. The lowest BCUT2D eigenvalue weighted by Crippen LogP contribution is -2.31. The van der Waals surface area contributed by atoms with Crippen LogP contribution in [0.2, 0.25) is 10.0 Å². The Bertz CT molecular complexity index is 1410. The zero-order valence-corrected chi connectivity index (χ0v) is 19.5. The van der Waals surface area contributed by atoms with E-state index in [4.69, 9.17) is 28.9 Å². The monoisotopic (exact) mass is 513 g/mol. The van der Waals surface area contributed by atoms with Gasteiger partial charge >= 0.3 is 5.69 Å². The van der Waals surface area contributed by atoms with Crippen molar-refractivity contribution in [3.8, 4) is 5.69 Å². The van der Waals surface area contributed by atoms with E-state index in [1.165, 1.54) is 6.20 Å². The number of para-hydroxylation sites is 1. The number of anilines is 4. The Labute approximate surface area is 212 Å². The van der Waals surface area contributed by atoms with Gasteiger partial charge in [-0.05, 0) is 49.2 Å². The van der Waals surface area contributed by atoms with E-state index in [2.05, 4.69) is 25.2 Å². The molecule has 2 aromatic heterocycles. The van der Waals surface area contributed by atoms with Crippen LogP contribution in [0, 0.1) is 0 Å². The number of hydrogen-bond acceptors (Lipinski definition) is 8. The highest BCUT2D eigenvalue weighted by atomic mass is 35.5. The molecule has 2 aromatic carbocycles. The number of aliphatic hydroxyl groups excluding tert-OH is 1. The lowest BCUT2D eigenvalue weighted by Gasteiger charge is -2.25. The van der Waals surface area contributed by atoms with Crippen molar-refractivity contribution in [2.24, 2.45) is 0 Å². The molecule has 1 saturated heterocycles. The molecular weight excluding hydrogens is 489 g/mol. The SMILES string of the molecule is C.Nc1c2cnc(Nc3ccc(N4CCC[C@H]4CO)cc3)nc2nc(=O)n1-c1c(Cl)cccc1Cl. The Morgan fingerprint density at radius 3 is 2.51 bits per heavy atom. The summed E-state index contributed by atoms with van der Waals surface area (Å²) < 4.78 is 1.15. The molecule has 182 valence electrons. The summed E-state index contributed by atoms with van der Waals surface area (Å²) in [6.45, 7) is 1.07. The summed E-state index contributed by atoms with van der Waals surface area (Å²) in [6.07, 6.45) is 3.55. The highest BCUT2D eigenvalue weighted by Gasteiger charge is 2.23. The molecule has 0 bridgehead atoms. The molecule has 1 fully saturated rings. The predicted octanol–water partition coefficient (Wildman–Crippen LogP) is 4.41. The number of halogens is 2. The number of hydrogen-bond donors (Lipinski definition) is 3. The van der Waals surface area contributed by atoms with Gasteiger partial charge in [-0.3, -0.25) is 0 Å². The molecule has 11 heteroatoms. The number of aliphatic hydroxyl groups is 1. The van der Waals surface area contributed by atoms with Crippen molar-refractivity contribution in [2.45, 2.75) is 26.3 Å². The van der Waals surface area contributed by atoms with E-state index in [1.807, 2.05) is 24.3 Å². The molecule has 1 aliphatic rings. The van der Waals surface area contributed by atoms with Gasteiger partial charge in [0.15, 0.2) is 5.65 Å². The number of nitrogen functional groups attached to an aromatic ring is 1. The lowest BCUT2D eigenvalue weighted by atomic mass is 10.2. The van der Waals surface area contributed by atoms with Gasteiger partial charge in [-0.25, -0.2) is 14.3 Å². The number of rotatable bonds is 5. The van der Waals surface area contributed by atoms with Gasteiger partial charge in [0.2, 0.25) is 5.95 Å². The number of fused-ring (bicyclic) bond motifs is 1. The predicted molar refractivity (Wildman–Crippen MR) is 141 cm³/mol. The smallest absolute Gasteiger partial charge is 0.355 e. The van der Waals surface area contributed by atoms with Crippen molar-refractivity contribution in [3.63, 3.8) is 0 Å². The van der Waals surface area contributed by atoms with E-state index >= 15 is 0 Å². The van der Waals surface area contributed by atoms with E-state index in [0.29, 0.717) is 5.39 Å². The van der Waals surface area contributed by atoms with Crippen LogP contribution in [0.4, 0.5) is 23.1 Å². The molecule has 0 unspecified atom stereocenters. The van der Waals surface area contributed by atoms with Crippen LogP contribution >= 0.6 is 23.2 Å². The maximum absolute atomic E-state index is 12.8. The topological polar surface area (TPSA) is 122 Å². The average molecular weight is 514 g/mol. The zero-order valence-electron chi connectivity index (χ0n) is 17.9. The first-order valence-electron chi connectivity index (χ1n) is 10.7. The van der Waals surface area contributed by atoms with Crippen molar-refractivity contribution >= 4 is 57.4 Å². The van der Waals surface area contributed by atoms with Crippen molar-refractivity contribution in [1.82, 2.24) is 19.5 Å². The molecule has 0 spiro atoms. The van der Waals surface area contributed by atoms with E-state index < -0.39 is 5.69 Å². The Balaban J connectivity index is 0.00000289. The molecule has 1 aliphatic heterocycles. The van der Waals surface area contributed by atoms with Gasteiger partial charge in [0, 0.05) is 24.1 Å². The molecule has 0 radical (unpaired) electrons. The van der Waals surface area contributed by atoms with Crippen molar-refractivity contribution < 1.29 is 5.11 Å². The number of benzene rings is 2. The molecule has 35 heavy (non-hydrogen) atoms. The minimum atomic E-state index is -0.655. The largest absolute Gasteiger partial charge is 0.394 e. The minimum Gasteiger partial charge on any atom is -0.394 e. The fourth-order valence-corrected chi connectivity index (χ4v) is 4.78. The molecule has 3 heterocycles. The van der Waals surface area contributed by atoms with Crippen molar-refractivity contribution in [1.29, 1.82) is 0 Å². The molecule has 9 nitrogen and oxygen atoms in total. The summed E-state index contributed by atoms with van der Waals surface area (Å²) in [4.78, 5) is 27.8. The first kappa shape index (κ1) is 24.7. The van der Waals surface area contributed by atoms with Crippen LogP contribution in [-0.4, -0.2) is 43.8 Å². The molecular formula is C24H25Cl2N7O2. The number of aromatic nitrogens is 4. The Hall–Kier alpha value is -3.40. The quantitative estimate of drug-likeness (QED) is 0.358. The second kappa shape index (κ2) is 10.1. The van der Waals surface area contributed by atoms with Gasteiger partial charge in [-0.15, -0.1) is 0 Å². The first-order chi connectivity index (χ1) is 16.5. The van der Waals surface area contributed by atoms with Gasteiger partial charge in [-0.1, -0.05) is 36.7 Å². The van der Waals surface area contributed by atoms with Crippen LogP contribution in [0.3, 0.4) is 0 Å². The van der Waals surface area contributed by atoms with Crippen LogP contribution in [0.25, 0.3) is 16.7 Å². The second-order valence-corrected chi connectivity index (χ2v) is 8.77. The Morgan fingerprint density at radius 1 is 1.11 bits per heavy atom. The number of nitrogens with two attached hydrogens (primary N) is 1. The van der Waals surface area contributed by atoms with Gasteiger partial charge in [-0.2, -0.15) is 9.97 Å². The summed E-state index contributed by atoms with van der Waals surface area (Å²) in [5.74, 6) is 0.361. The standard InChI is InChI=1S/C23H21Cl2N7O2.CH4/c24-17-4-1-5-18(25)19(17)32-20(26)16-11-27-22(29-21(16)30-23(32)34)28-13-6-8-14(9-7-13)31-10-2-3-15(31)12-33;/h1,4-9,11,15,33H,2-3,10,12,26H2,(H,28,29,30,34);1H4/t15-;/m0./s1. The third-order valence-electron chi connectivity index (χ3n) is 5.88. The van der Waals surface area contributed by atoms with E-state index in [1.54, 1.807) is 18.2 Å². The molecule has 0 saturated carbocycles. The molecule has 5 rings (SSSR count). The summed E-state index contributed by atoms with van der Waals surface area (Å²) >= 11 is 12.5. The first-order valence-corrected chi connectivity index (χ1v) is 11.5. The maximum atomic E-state index is 12.8. The highest BCUT2D eigenvalue weighted by molar-refractivity contribution is 6.37. The number of nitrogens with one attached hydrogen (secondary N) is 1. The summed E-state index contributed by atoms with van der Waals surface area (Å²) in [6, 6.07) is 12.8. The Morgan fingerprint density at radius 2 is 1.83 bits per heavy atom. The highest BCUT2D eigenvalue weighted by Crippen LogP contribution is 2.31. The van der Waals surface area contributed by atoms with E-state index in [0.717, 1.165) is 35.3 Å². The van der Waals surface area contributed by atoms with Gasteiger partial charge in [0.05, 0.1) is 33.8 Å². The van der Waals surface area contributed by atoms with Gasteiger partial charge in [0.25, 0.3) is 0 Å². The molecule has 0 amide bonds. The van der Waals surface area contributed by atoms with Gasteiger partial charge in [0.1, 0.15) is 5.82 Å². The van der Waals surface area contributed by atoms with Crippen molar-refractivity contribution in [3.05, 3.63) is 69.2 Å². The molecule has 4 N–H and O–H groups in total.